The first kappa shape index (κ1) is 14.3. The standard InChI is InChI=1S/C16H16N2O4/c19-14-9-12(11-3-1-2-4-13(11)17-14)15(20)18-7-5-10(6-8-18)16(21)22/h1-4,9-10H,5-8H2,(H,17,19)(H,21,22). The molecule has 0 saturated carbocycles. The van der Waals surface area contributed by atoms with Gasteiger partial charge in [-0.1, -0.05) is 18.2 Å². The Kier molecular flexibility index (Phi) is 3.66. The van der Waals surface area contributed by atoms with E-state index < -0.39 is 5.97 Å². The highest BCUT2D eigenvalue weighted by Crippen LogP contribution is 2.21. The lowest BCUT2D eigenvalue weighted by Crippen LogP contribution is -2.40. The van der Waals surface area contributed by atoms with Gasteiger partial charge in [-0.05, 0) is 18.9 Å². The molecular formula is C16H16N2O4. The fraction of sp³-hybridized carbons (Fsp3) is 0.312. The van der Waals surface area contributed by atoms with E-state index in [1.54, 1.807) is 23.1 Å². The molecule has 1 aromatic heterocycles. The third-order valence-corrected chi connectivity index (χ3v) is 4.11. The number of carboxylic acid groups (broad SMARTS) is 1. The van der Waals surface area contributed by atoms with Gasteiger partial charge in [-0.15, -0.1) is 0 Å². The number of likely N-dealkylation sites (tertiary alicyclic amines) is 1. The molecule has 1 aliphatic heterocycles. The zero-order chi connectivity index (χ0) is 15.7. The number of nitrogens with one attached hydrogen (secondary N) is 1. The number of aromatic amines is 1. The van der Waals surface area contributed by atoms with Gasteiger partial charge in [-0.25, -0.2) is 0 Å². The van der Waals surface area contributed by atoms with Gasteiger partial charge in [0.1, 0.15) is 0 Å². The molecule has 1 amide bonds. The van der Waals surface area contributed by atoms with Crippen LogP contribution in [0.1, 0.15) is 23.2 Å². The summed E-state index contributed by atoms with van der Waals surface area (Å²) in [7, 11) is 0. The van der Waals surface area contributed by atoms with Gasteiger partial charge < -0.3 is 15.0 Å². The number of carboxylic acids is 1. The maximum absolute atomic E-state index is 12.7. The van der Waals surface area contributed by atoms with Crippen LogP contribution in [0.15, 0.2) is 35.1 Å². The van der Waals surface area contributed by atoms with Crippen LogP contribution in [0.25, 0.3) is 10.9 Å². The number of hydrogen-bond acceptors (Lipinski definition) is 3. The minimum atomic E-state index is -0.811. The monoisotopic (exact) mass is 300 g/mol. The number of carbonyl (C=O) groups is 2. The van der Waals surface area contributed by atoms with Crippen molar-refractivity contribution in [3.05, 3.63) is 46.2 Å². The van der Waals surface area contributed by atoms with Crippen LogP contribution in [0, 0.1) is 5.92 Å². The molecule has 1 aliphatic rings. The van der Waals surface area contributed by atoms with Crippen LogP contribution >= 0.6 is 0 Å². The average molecular weight is 300 g/mol. The third kappa shape index (κ3) is 2.59. The lowest BCUT2D eigenvalue weighted by Gasteiger charge is -2.30. The zero-order valence-electron chi connectivity index (χ0n) is 11.9. The van der Waals surface area contributed by atoms with Crippen LogP contribution in [-0.4, -0.2) is 40.0 Å². The van der Waals surface area contributed by atoms with E-state index in [1.807, 2.05) is 6.07 Å². The van der Waals surface area contributed by atoms with Crippen molar-refractivity contribution in [3.8, 4) is 0 Å². The Morgan fingerprint density at radius 2 is 1.86 bits per heavy atom. The highest BCUT2D eigenvalue weighted by atomic mass is 16.4. The number of para-hydroxylation sites is 1. The Morgan fingerprint density at radius 3 is 2.55 bits per heavy atom. The molecule has 2 aromatic rings. The number of benzene rings is 1. The molecular weight excluding hydrogens is 284 g/mol. The van der Waals surface area contributed by atoms with Gasteiger partial charge in [0.2, 0.25) is 5.56 Å². The van der Waals surface area contributed by atoms with Crippen LogP contribution in [-0.2, 0) is 4.79 Å². The number of aromatic nitrogens is 1. The molecule has 6 heteroatoms. The van der Waals surface area contributed by atoms with Gasteiger partial charge in [0, 0.05) is 30.1 Å². The fourth-order valence-electron chi connectivity index (χ4n) is 2.88. The smallest absolute Gasteiger partial charge is 0.306 e. The van der Waals surface area contributed by atoms with E-state index in [0.29, 0.717) is 42.4 Å². The van der Waals surface area contributed by atoms with Gasteiger partial charge in [-0.2, -0.15) is 0 Å². The SMILES string of the molecule is O=C(O)C1CCN(C(=O)c2cc(=O)[nH]c3ccccc23)CC1. The molecule has 1 saturated heterocycles. The van der Waals surface area contributed by atoms with Crippen LogP contribution < -0.4 is 5.56 Å². The van der Waals surface area contributed by atoms with E-state index in [9.17, 15) is 14.4 Å². The van der Waals surface area contributed by atoms with E-state index in [4.69, 9.17) is 5.11 Å². The molecule has 0 aliphatic carbocycles. The van der Waals surface area contributed by atoms with E-state index in [-0.39, 0.29) is 17.4 Å². The second-order valence-corrected chi connectivity index (χ2v) is 5.50. The van der Waals surface area contributed by atoms with Gasteiger partial charge in [0.15, 0.2) is 0 Å². The largest absolute Gasteiger partial charge is 0.481 e. The van der Waals surface area contributed by atoms with Gasteiger partial charge in [-0.3, -0.25) is 14.4 Å². The number of rotatable bonds is 2. The Hall–Kier alpha value is -2.63. The Bertz CT molecular complexity index is 788. The number of aliphatic carboxylic acids is 1. The number of nitrogens with zero attached hydrogens (tertiary/aromatic N) is 1. The maximum Gasteiger partial charge on any atom is 0.306 e. The first-order chi connectivity index (χ1) is 10.6. The first-order valence-corrected chi connectivity index (χ1v) is 7.20. The zero-order valence-corrected chi connectivity index (χ0v) is 11.9. The topological polar surface area (TPSA) is 90.5 Å². The van der Waals surface area contributed by atoms with E-state index in [0.717, 1.165) is 0 Å². The molecule has 1 fully saturated rings. The van der Waals surface area contributed by atoms with Gasteiger partial charge in [0.25, 0.3) is 5.91 Å². The van der Waals surface area contributed by atoms with Crippen molar-refractivity contribution < 1.29 is 14.7 Å². The second-order valence-electron chi connectivity index (χ2n) is 5.50. The summed E-state index contributed by atoms with van der Waals surface area (Å²) in [6, 6.07) is 8.47. The van der Waals surface area contributed by atoms with Crippen molar-refractivity contribution >= 4 is 22.8 Å². The number of carbonyl (C=O) groups excluding carboxylic acids is 1. The molecule has 114 valence electrons. The Balaban J connectivity index is 1.90. The van der Waals surface area contributed by atoms with Crippen LogP contribution in [0.2, 0.25) is 0 Å². The number of piperidine rings is 1. The quantitative estimate of drug-likeness (QED) is 0.878. The summed E-state index contributed by atoms with van der Waals surface area (Å²) in [5, 5.41) is 9.71. The summed E-state index contributed by atoms with van der Waals surface area (Å²) in [6.07, 6.45) is 0.893. The summed E-state index contributed by atoms with van der Waals surface area (Å²) < 4.78 is 0. The molecule has 0 bridgehead atoms. The van der Waals surface area contributed by atoms with Crippen LogP contribution in [0.5, 0.6) is 0 Å². The molecule has 0 spiro atoms. The summed E-state index contributed by atoms with van der Waals surface area (Å²) in [5.74, 6) is -1.42. The van der Waals surface area contributed by atoms with Crippen LogP contribution in [0.3, 0.4) is 0 Å². The van der Waals surface area contributed by atoms with E-state index in [2.05, 4.69) is 4.98 Å². The van der Waals surface area contributed by atoms with Crippen molar-refractivity contribution in [2.75, 3.05) is 13.1 Å². The molecule has 2 heterocycles. The fourth-order valence-corrected chi connectivity index (χ4v) is 2.88. The minimum absolute atomic E-state index is 0.217. The molecule has 6 nitrogen and oxygen atoms in total. The lowest BCUT2D eigenvalue weighted by molar-refractivity contribution is -0.143. The van der Waals surface area contributed by atoms with Crippen molar-refractivity contribution in [2.45, 2.75) is 12.8 Å². The average Bonchev–Trinajstić information content (AvgIpc) is 2.53. The van der Waals surface area contributed by atoms with E-state index >= 15 is 0 Å². The normalized spacial score (nSPS) is 15.9. The molecule has 0 radical (unpaired) electrons. The summed E-state index contributed by atoms with van der Waals surface area (Å²) in [4.78, 5) is 39.7. The summed E-state index contributed by atoms with van der Waals surface area (Å²) in [5.41, 5.74) is 0.675. The number of fused-ring (bicyclic) bond motifs is 1. The number of pyridine rings is 1. The predicted octanol–water partition coefficient (Wildman–Crippen LogP) is 1.46. The molecule has 2 N–H and O–H groups in total. The first-order valence-electron chi connectivity index (χ1n) is 7.20. The Morgan fingerprint density at radius 1 is 1.18 bits per heavy atom. The summed E-state index contributed by atoms with van der Waals surface area (Å²) in [6.45, 7) is 0.799. The predicted molar refractivity (Wildman–Crippen MR) is 80.8 cm³/mol. The molecule has 3 rings (SSSR count). The molecule has 0 unspecified atom stereocenters. The van der Waals surface area contributed by atoms with Crippen molar-refractivity contribution in [3.63, 3.8) is 0 Å². The molecule has 0 atom stereocenters. The molecule has 22 heavy (non-hydrogen) atoms. The highest BCUT2D eigenvalue weighted by molar-refractivity contribution is 6.06. The highest BCUT2D eigenvalue weighted by Gasteiger charge is 2.28. The van der Waals surface area contributed by atoms with Crippen molar-refractivity contribution in [1.29, 1.82) is 0 Å². The summed E-state index contributed by atoms with van der Waals surface area (Å²) >= 11 is 0. The number of H-pyrrole nitrogens is 1. The Labute approximate surface area is 126 Å². The third-order valence-electron chi connectivity index (χ3n) is 4.11. The number of hydrogen-bond donors (Lipinski definition) is 2. The van der Waals surface area contributed by atoms with Crippen LogP contribution in [0.4, 0.5) is 0 Å². The second kappa shape index (κ2) is 5.63. The minimum Gasteiger partial charge on any atom is -0.481 e. The van der Waals surface area contributed by atoms with E-state index in [1.165, 1.54) is 6.07 Å². The van der Waals surface area contributed by atoms with Gasteiger partial charge in [0.05, 0.1) is 11.5 Å². The maximum atomic E-state index is 12.7. The number of amides is 1. The molecule has 1 aromatic carbocycles. The van der Waals surface area contributed by atoms with Crippen molar-refractivity contribution in [2.24, 2.45) is 5.92 Å². The van der Waals surface area contributed by atoms with Crippen molar-refractivity contribution in [1.82, 2.24) is 9.88 Å². The van der Waals surface area contributed by atoms with Gasteiger partial charge >= 0.3 is 5.97 Å². The lowest BCUT2D eigenvalue weighted by atomic mass is 9.96.